The molecule has 0 saturated heterocycles. The summed E-state index contributed by atoms with van der Waals surface area (Å²) in [7, 11) is 4.11. The Morgan fingerprint density at radius 2 is 1.75 bits per heavy atom. The summed E-state index contributed by atoms with van der Waals surface area (Å²) in [6.45, 7) is 3.26. The maximum Gasteiger partial charge on any atom is 0.0792 e. The van der Waals surface area contributed by atoms with Gasteiger partial charge in [0.05, 0.1) is 11.7 Å². The number of aromatic nitrogens is 1. The number of hydrogen-bond donors (Lipinski definition) is 0. The molecule has 4 nitrogen and oxygen atoms in total. The molecule has 106 valence electrons. The van der Waals surface area contributed by atoms with Gasteiger partial charge in [-0.3, -0.25) is 4.98 Å². The van der Waals surface area contributed by atoms with Crippen molar-refractivity contribution in [2.24, 2.45) is 0 Å². The van der Waals surface area contributed by atoms with Crippen molar-refractivity contribution in [1.29, 1.82) is 0 Å². The molecule has 0 N–H and O–H groups in total. The average molecular weight is 271 g/mol. The van der Waals surface area contributed by atoms with Crippen molar-refractivity contribution in [3.8, 4) is 11.3 Å². The second-order valence-corrected chi connectivity index (χ2v) is 4.45. The van der Waals surface area contributed by atoms with E-state index in [1.54, 1.807) is 12.3 Å². The number of carbonyl (C=O) groups excluding carboxylic acids is 1. The third kappa shape index (κ3) is 4.82. The standard InChI is InChI=1S/C12H9NO2.C4H11N/c14-12(15)10-7-4-8-13-11(10)9-5-2-1-3-6-9;1-4-5(2)3/h1-8H,(H,14,15);4H2,1-3H3/p-1. The number of carboxylic acids is 1. The van der Waals surface area contributed by atoms with Crippen molar-refractivity contribution in [2.45, 2.75) is 6.92 Å². The summed E-state index contributed by atoms with van der Waals surface area (Å²) in [4.78, 5) is 17.0. The van der Waals surface area contributed by atoms with Gasteiger partial charge < -0.3 is 14.8 Å². The van der Waals surface area contributed by atoms with Crippen LogP contribution in [-0.4, -0.2) is 36.5 Å². The van der Waals surface area contributed by atoms with Crippen LogP contribution in [0.5, 0.6) is 0 Å². The first-order valence-electron chi connectivity index (χ1n) is 6.42. The van der Waals surface area contributed by atoms with Crippen LogP contribution in [0, 0.1) is 0 Å². The van der Waals surface area contributed by atoms with Crippen LogP contribution >= 0.6 is 0 Å². The molecule has 2 rings (SSSR count). The average Bonchev–Trinajstić information content (AvgIpc) is 2.48. The minimum absolute atomic E-state index is 0.115. The molecule has 1 aromatic carbocycles. The molecule has 0 saturated carbocycles. The van der Waals surface area contributed by atoms with Crippen LogP contribution in [0.25, 0.3) is 11.3 Å². The first-order valence-corrected chi connectivity index (χ1v) is 6.42. The Hall–Kier alpha value is -2.20. The van der Waals surface area contributed by atoms with E-state index in [0.29, 0.717) is 5.69 Å². The monoisotopic (exact) mass is 271 g/mol. The van der Waals surface area contributed by atoms with Gasteiger partial charge in [-0.2, -0.15) is 0 Å². The molecule has 0 aliphatic rings. The molecule has 0 fully saturated rings. The van der Waals surface area contributed by atoms with E-state index < -0.39 is 5.97 Å². The summed E-state index contributed by atoms with van der Waals surface area (Å²) >= 11 is 0. The van der Waals surface area contributed by atoms with Crippen LogP contribution in [0.1, 0.15) is 17.3 Å². The second-order valence-electron chi connectivity index (χ2n) is 4.45. The molecule has 4 heteroatoms. The smallest absolute Gasteiger partial charge is 0.0792 e. The molecule has 0 spiro atoms. The van der Waals surface area contributed by atoms with E-state index in [-0.39, 0.29) is 5.56 Å². The van der Waals surface area contributed by atoms with Gasteiger partial charge in [0.15, 0.2) is 0 Å². The number of rotatable bonds is 3. The normalized spacial score (nSPS) is 9.80. The first kappa shape index (κ1) is 15.9. The maximum absolute atomic E-state index is 10.8. The van der Waals surface area contributed by atoms with Gasteiger partial charge in [-0.1, -0.05) is 37.3 Å². The maximum atomic E-state index is 10.8. The van der Waals surface area contributed by atoms with Crippen molar-refractivity contribution in [3.05, 3.63) is 54.2 Å². The lowest BCUT2D eigenvalue weighted by molar-refractivity contribution is -0.255. The molecule has 0 atom stereocenters. The van der Waals surface area contributed by atoms with Crippen molar-refractivity contribution in [2.75, 3.05) is 20.6 Å². The highest BCUT2D eigenvalue weighted by Gasteiger charge is 2.05. The van der Waals surface area contributed by atoms with Crippen molar-refractivity contribution in [3.63, 3.8) is 0 Å². The highest BCUT2D eigenvalue weighted by molar-refractivity contribution is 5.93. The highest BCUT2D eigenvalue weighted by Crippen LogP contribution is 2.19. The van der Waals surface area contributed by atoms with E-state index in [2.05, 4.69) is 30.9 Å². The van der Waals surface area contributed by atoms with E-state index in [1.165, 1.54) is 6.07 Å². The number of carboxylic acid groups (broad SMARTS) is 1. The fourth-order valence-corrected chi connectivity index (χ4v) is 1.40. The lowest BCUT2D eigenvalue weighted by Crippen LogP contribution is -2.23. The number of benzene rings is 1. The lowest BCUT2D eigenvalue weighted by atomic mass is 10.1. The van der Waals surface area contributed by atoms with Gasteiger partial charge in [0.2, 0.25) is 0 Å². The van der Waals surface area contributed by atoms with Crippen LogP contribution in [0.2, 0.25) is 0 Å². The van der Waals surface area contributed by atoms with Crippen LogP contribution in [0.3, 0.4) is 0 Å². The van der Waals surface area contributed by atoms with E-state index >= 15 is 0 Å². The zero-order chi connectivity index (χ0) is 15.0. The third-order valence-electron chi connectivity index (χ3n) is 2.71. The topological polar surface area (TPSA) is 56.3 Å². The quantitative estimate of drug-likeness (QED) is 0.852. The third-order valence-corrected chi connectivity index (χ3v) is 2.71. The summed E-state index contributed by atoms with van der Waals surface area (Å²) in [5.41, 5.74) is 1.33. The van der Waals surface area contributed by atoms with Gasteiger partial charge in [-0.05, 0) is 32.8 Å². The molecule has 20 heavy (non-hydrogen) atoms. The Morgan fingerprint density at radius 1 is 1.15 bits per heavy atom. The number of pyridine rings is 1. The van der Waals surface area contributed by atoms with Gasteiger partial charge in [0, 0.05) is 17.3 Å². The Kier molecular flexibility index (Phi) is 6.40. The predicted octanol–water partition coefficient (Wildman–Crippen LogP) is 1.68. The van der Waals surface area contributed by atoms with Gasteiger partial charge in [0.25, 0.3) is 0 Å². The summed E-state index contributed by atoms with van der Waals surface area (Å²) < 4.78 is 0. The molecule has 0 bridgehead atoms. The van der Waals surface area contributed by atoms with E-state index in [9.17, 15) is 9.90 Å². The number of aromatic carboxylic acids is 1. The fourth-order valence-electron chi connectivity index (χ4n) is 1.40. The van der Waals surface area contributed by atoms with Crippen LogP contribution < -0.4 is 5.11 Å². The summed E-state index contributed by atoms with van der Waals surface area (Å²) in [5, 5.41) is 10.8. The van der Waals surface area contributed by atoms with Gasteiger partial charge in [-0.15, -0.1) is 0 Å². The molecule has 2 aromatic rings. The predicted molar refractivity (Wildman–Crippen MR) is 78.2 cm³/mol. The highest BCUT2D eigenvalue weighted by atomic mass is 16.4. The lowest BCUT2D eigenvalue weighted by Gasteiger charge is -2.08. The van der Waals surface area contributed by atoms with Crippen LogP contribution in [-0.2, 0) is 0 Å². The molecule has 0 unspecified atom stereocenters. The number of nitrogens with zero attached hydrogens (tertiary/aromatic N) is 2. The summed E-state index contributed by atoms with van der Waals surface area (Å²) in [5.74, 6) is -1.21. The Morgan fingerprint density at radius 3 is 2.25 bits per heavy atom. The molecule has 0 aliphatic heterocycles. The Labute approximate surface area is 119 Å². The molecular formula is C16H19N2O2-. The molecule has 1 heterocycles. The van der Waals surface area contributed by atoms with Gasteiger partial charge in [0.1, 0.15) is 0 Å². The fraction of sp³-hybridized carbons (Fsp3) is 0.250. The molecule has 1 aromatic heterocycles. The van der Waals surface area contributed by atoms with Crippen LogP contribution in [0.4, 0.5) is 0 Å². The number of carbonyl (C=O) groups is 1. The molecule has 0 aliphatic carbocycles. The first-order chi connectivity index (χ1) is 9.56. The summed E-state index contributed by atoms with van der Waals surface area (Å²) in [6, 6.07) is 12.2. The molecule has 0 radical (unpaired) electrons. The van der Waals surface area contributed by atoms with Crippen molar-refractivity contribution >= 4 is 5.97 Å². The zero-order valence-electron chi connectivity index (χ0n) is 12.0. The largest absolute Gasteiger partial charge is 0.545 e. The van der Waals surface area contributed by atoms with E-state index in [0.717, 1.165) is 12.1 Å². The minimum atomic E-state index is -1.21. The SMILES string of the molecule is CCN(C)C.O=C([O-])c1cccnc1-c1ccccc1. The number of hydrogen-bond acceptors (Lipinski definition) is 4. The molecular weight excluding hydrogens is 252 g/mol. The van der Waals surface area contributed by atoms with Crippen molar-refractivity contribution < 1.29 is 9.90 Å². The molecule has 0 amide bonds. The van der Waals surface area contributed by atoms with Gasteiger partial charge in [-0.25, -0.2) is 0 Å². The second kappa shape index (κ2) is 8.07. The van der Waals surface area contributed by atoms with Crippen molar-refractivity contribution in [1.82, 2.24) is 9.88 Å². The van der Waals surface area contributed by atoms with Crippen LogP contribution in [0.15, 0.2) is 48.7 Å². The Bertz CT molecular complexity index is 539. The summed E-state index contributed by atoms with van der Waals surface area (Å²) in [6.07, 6.45) is 1.56. The van der Waals surface area contributed by atoms with E-state index in [4.69, 9.17) is 0 Å². The Balaban J connectivity index is 0.000000347. The minimum Gasteiger partial charge on any atom is -0.545 e. The van der Waals surface area contributed by atoms with E-state index in [1.807, 2.05) is 30.3 Å². The van der Waals surface area contributed by atoms with Gasteiger partial charge >= 0.3 is 0 Å². The zero-order valence-corrected chi connectivity index (χ0v) is 12.0.